The van der Waals surface area contributed by atoms with E-state index in [1.165, 1.54) is 22.8 Å². The van der Waals surface area contributed by atoms with Gasteiger partial charge in [-0.25, -0.2) is 4.39 Å². The summed E-state index contributed by atoms with van der Waals surface area (Å²) in [5, 5.41) is 5.25. The summed E-state index contributed by atoms with van der Waals surface area (Å²) >= 11 is 0. The number of carbonyl (C=O) groups is 4. The van der Waals surface area contributed by atoms with Gasteiger partial charge in [-0.05, 0) is 56.0 Å². The Kier molecular flexibility index (Phi) is 7.72. The molecule has 1 aromatic heterocycles. The Hall–Kier alpha value is -3.29. The lowest BCUT2D eigenvalue weighted by Gasteiger charge is -2.20. The molecule has 8 heteroatoms. The molecule has 0 aliphatic rings. The number of amides is 2. The molecular formula is C24H30FN3O4. The highest BCUT2D eigenvalue weighted by atomic mass is 19.1. The normalized spacial score (nSPS) is 11.9. The maximum absolute atomic E-state index is 13.5. The van der Waals surface area contributed by atoms with Crippen LogP contribution in [0.1, 0.15) is 64.9 Å². The maximum atomic E-state index is 13.5. The van der Waals surface area contributed by atoms with Gasteiger partial charge < -0.3 is 15.2 Å². The minimum Gasteiger partial charge on any atom is -0.344 e. The van der Waals surface area contributed by atoms with E-state index in [9.17, 15) is 23.6 Å². The minimum absolute atomic E-state index is 0.0758. The molecule has 0 radical (unpaired) electrons. The first-order valence-corrected chi connectivity index (χ1v) is 10.5. The maximum Gasteiger partial charge on any atom is 0.294 e. The van der Waals surface area contributed by atoms with Gasteiger partial charge in [0.1, 0.15) is 5.82 Å². The number of aryl methyl sites for hydroxylation is 1. The zero-order valence-electron chi connectivity index (χ0n) is 19.6. The summed E-state index contributed by atoms with van der Waals surface area (Å²) in [6.45, 7) is 10.1. The van der Waals surface area contributed by atoms with E-state index in [0.717, 1.165) is 0 Å². The van der Waals surface area contributed by atoms with Crippen molar-refractivity contribution >= 4 is 29.1 Å². The van der Waals surface area contributed by atoms with Gasteiger partial charge in [0.25, 0.3) is 17.6 Å². The van der Waals surface area contributed by atoms with Crippen LogP contribution in [-0.4, -0.2) is 34.0 Å². The van der Waals surface area contributed by atoms with Crippen molar-refractivity contribution in [3.63, 3.8) is 0 Å². The highest BCUT2D eigenvalue weighted by Gasteiger charge is 2.31. The molecule has 0 saturated carbocycles. The largest absolute Gasteiger partial charge is 0.344 e. The van der Waals surface area contributed by atoms with Crippen molar-refractivity contribution in [1.82, 2.24) is 9.88 Å². The van der Waals surface area contributed by atoms with Crippen LogP contribution in [0, 0.1) is 32.5 Å². The predicted molar refractivity (Wildman–Crippen MR) is 120 cm³/mol. The van der Waals surface area contributed by atoms with Crippen LogP contribution in [0.25, 0.3) is 0 Å². The zero-order valence-corrected chi connectivity index (χ0v) is 19.6. The van der Waals surface area contributed by atoms with Crippen molar-refractivity contribution in [3.8, 4) is 0 Å². The van der Waals surface area contributed by atoms with Gasteiger partial charge in [-0.1, -0.05) is 20.8 Å². The standard InChI is InChI=1S/C24H30FN3O4/c1-8-18(29)20(12(2)3)27-24(32)22(30)21-14(5)19(15(6)28(21)7)23(31)26-16-9-10-17(25)13(4)11-16/h9-12,20H,8H2,1-7H3,(H,26,31)(H,27,32)/t20-/m1/s1. The molecule has 0 unspecified atom stereocenters. The van der Waals surface area contributed by atoms with E-state index in [-0.39, 0.29) is 35.2 Å². The van der Waals surface area contributed by atoms with Gasteiger partial charge in [0, 0.05) is 24.8 Å². The predicted octanol–water partition coefficient (Wildman–Crippen LogP) is 3.64. The smallest absolute Gasteiger partial charge is 0.294 e. The van der Waals surface area contributed by atoms with Gasteiger partial charge in [0.15, 0.2) is 5.78 Å². The topological polar surface area (TPSA) is 97.3 Å². The third kappa shape index (κ3) is 4.95. The summed E-state index contributed by atoms with van der Waals surface area (Å²) in [6, 6.07) is 3.46. The second-order valence-electron chi connectivity index (χ2n) is 8.26. The van der Waals surface area contributed by atoms with Crippen molar-refractivity contribution < 1.29 is 23.6 Å². The van der Waals surface area contributed by atoms with Crippen LogP contribution in [-0.2, 0) is 16.6 Å². The average Bonchev–Trinajstić information content (AvgIpc) is 2.95. The van der Waals surface area contributed by atoms with Crippen LogP contribution in [0.2, 0.25) is 0 Å². The third-order valence-corrected chi connectivity index (χ3v) is 5.64. The zero-order chi connectivity index (χ0) is 24.3. The summed E-state index contributed by atoms with van der Waals surface area (Å²) in [5.74, 6) is -2.89. The highest BCUT2D eigenvalue weighted by Crippen LogP contribution is 2.24. The first kappa shape index (κ1) is 25.0. The number of halogens is 1. The molecule has 2 amide bonds. The molecule has 1 atom stereocenters. The van der Waals surface area contributed by atoms with Crippen molar-refractivity contribution in [2.45, 2.75) is 54.0 Å². The van der Waals surface area contributed by atoms with Gasteiger partial charge in [-0.3, -0.25) is 19.2 Å². The Labute approximate surface area is 187 Å². The summed E-state index contributed by atoms with van der Waals surface area (Å²) in [5.41, 5.74) is 1.99. The van der Waals surface area contributed by atoms with Crippen LogP contribution >= 0.6 is 0 Å². The van der Waals surface area contributed by atoms with Gasteiger partial charge in [0.2, 0.25) is 0 Å². The molecular weight excluding hydrogens is 413 g/mol. The molecule has 0 spiro atoms. The summed E-state index contributed by atoms with van der Waals surface area (Å²) in [4.78, 5) is 50.7. The monoisotopic (exact) mass is 443 g/mol. The van der Waals surface area contributed by atoms with Crippen molar-refractivity contribution in [2.75, 3.05) is 5.32 Å². The number of nitrogens with one attached hydrogen (secondary N) is 2. The van der Waals surface area contributed by atoms with Gasteiger partial charge in [-0.2, -0.15) is 0 Å². The first-order valence-electron chi connectivity index (χ1n) is 10.5. The Morgan fingerprint density at radius 1 is 1.09 bits per heavy atom. The van der Waals surface area contributed by atoms with Crippen LogP contribution in [0.3, 0.4) is 0 Å². The molecule has 0 aliphatic heterocycles. The van der Waals surface area contributed by atoms with Gasteiger partial charge in [0.05, 0.1) is 17.3 Å². The molecule has 172 valence electrons. The summed E-state index contributed by atoms with van der Waals surface area (Å²) in [7, 11) is 1.60. The molecule has 2 rings (SSSR count). The van der Waals surface area contributed by atoms with Crippen molar-refractivity contribution in [2.24, 2.45) is 13.0 Å². The number of ketones is 2. The second-order valence-corrected chi connectivity index (χ2v) is 8.26. The van der Waals surface area contributed by atoms with Gasteiger partial charge in [-0.15, -0.1) is 0 Å². The number of anilines is 1. The van der Waals surface area contributed by atoms with E-state index in [4.69, 9.17) is 0 Å². The Bertz CT molecular complexity index is 1090. The first-order chi connectivity index (χ1) is 14.9. The van der Waals surface area contributed by atoms with E-state index in [0.29, 0.717) is 22.5 Å². The lowest BCUT2D eigenvalue weighted by atomic mass is 9.98. The quantitative estimate of drug-likeness (QED) is 0.481. The fourth-order valence-electron chi connectivity index (χ4n) is 3.70. The second kappa shape index (κ2) is 9.89. The van der Waals surface area contributed by atoms with E-state index < -0.39 is 23.6 Å². The van der Waals surface area contributed by atoms with E-state index in [1.807, 2.05) is 0 Å². The minimum atomic E-state index is -0.893. The molecule has 1 aromatic carbocycles. The number of benzene rings is 1. The number of carbonyl (C=O) groups excluding carboxylic acids is 4. The molecule has 0 saturated heterocycles. The molecule has 7 nitrogen and oxygen atoms in total. The number of nitrogens with zero attached hydrogens (tertiary/aromatic N) is 1. The fourth-order valence-corrected chi connectivity index (χ4v) is 3.70. The van der Waals surface area contributed by atoms with Crippen LogP contribution in [0.4, 0.5) is 10.1 Å². The van der Waals surface area contributed by atoms with Crippen LogP contribution < -0.4 is 10.6 Å². The Morgan fingerprint density at radius 3 is 2.25 bits per heavy atom. The van der Waals surface area contributed by atoms with Gasteiger partial charge >= 0.3 is 0 Å². The fraction of sp³-hybridized carbons (Fsp3) is 0.417. The molecule has 1 heterocycles. The van der Waals surface area contributed by atoms with Crippen molar-refractivity contribution in [3.05, 3.63) is 52.1 Å². The number of rotatable bonds is 8. The number of Topliss-reactive ketones (excluding diaryl/α,β-unsaturated/α-hetero) is 2. The van der Waals surface area contributed by atoms with E-state index in [2.05, 4.69) is 10.6 Å². The molecule has 0 aliphatic carbocycles. The average molecular weight is 444 g/mol. The van der Waals surface area contributed by atoms with E-state index in [1.54, 1.807) is 48.6 Å². The lowest BCUT2D eigenvalue weighted by molar-refractivity contribution is -0.126. The highest BCUT2D eigenvalue weighted by molar-refractivity contribution is 6.43. The molecule has 2 N–H and O–H groups in total. The lowest BCUT2D eigenvalue weighted by Crippen LogP contribution is -2.47. The number of hydrogen-bond donors (Lipinski definition) is 2. The molecule has 0 bridgehead atoms. The number of hydrogen-bond acceptors (Lipinski definition) is 4. The Morgan fingerprint density at radius 2 is 1.72 bits per heavy atom. The van der Waals surface area contributed by atoms with Crippen molar-refractivity contribution in [1.29, 1.82) is 0 Å². The van der Waals surface area contributed by atoms with Crippen LogP contribution in [0.5, 0.6) is 0 Å². The van der Waals surface area contributed by atoms with E-state index >= 15 is 0 Å². The summed E-state index contributed by atoms with van der Waals surface area (Å²) < 4.78 is 15.0. The summed E-state index contributed by atoms with van der Waals surface area (Å²) in [6.07, 6.45) is 0.243. The Balaban J connectivity index is 2.34. The molecule has 0 fully saturated rings. The molecule has 2 aromatic rings. The SMILES string of the molecule is CCC(=O)[C@H](NC(=O)C(=O)c1c(C)c(C(=O)Nc2ccc(F)c(C)c2)c(C)n1C)C(C)C. The third-order valence-electron chi connectivity index (χ3n) is 5.64. The number of aromatic nitrogens is 1. The van der Waals surface area contributed by atoms with Crippen LogP contribution in [0.15, 0.2) is 18.2 Å². The molecule has 32 heavy (non-hydrogen) atoms.